The van der Waals surface area contributed by atoms with E-state index in [1.54, 1.807) is 14.1 Å². The van der Waals surface area contributed by atoms with E-state index in [1.165, 1.54) is 4.90 Å². The van der Waals surface area contributed by atoms with Gasteiger partial charge in [0.2, 0.25) is 6.41 Å². The number of amides is 1. The summed E-state index contributed by atoms with van der Waals surface area (Å²) in [5.74, 6) is 0. The van der Waals surface area contributed by atoms with Gasteiger partial charge >= 0.3 is 17.1 Å². The summed E-state index contributed by atoms with van der Waals surface area (Å²) < 4.78 is 0. The first kappa shape index (κ1) is 15.6. The Morgan fingerprint density at radius 2 is 1.57 bits per heavy atom. The molecule has 0 aromatic carbocycles. The molecule has 1 amide bonds. The Bertz CT molecular complexity index is 41.9. The van der Waals surface area contributed by atoms with Crippen molar-refractivity contribution in [3.63, 3.8) is 0 Å². The second kappa shape index (κ2) is 9.87. The zero-order chi connectivity index (χ0) is 4.28. The SMILES string of the molecule is CN(C)C=O.[Cu+].[I-]. The van der Waals surface area contributed by atoms with Crippen molar-refractivity contribution in [2.45, 2.75) is 0 Å². The molecular formula is C3H7CuINO. The van der Waals surface area contributed by atoms with Crippen LogP contribution in [0.25, 0.3) is 0 Å². The van der Waals surface area contributed by atoms with Crippen LogP contribution in [-0.2, 0) is 21.9 Å². The maximum absolute atomic E-state index is 9.43. The first-order valence-corrected chi connectivity index (χ1v) is 1.39. The Morgan fingerprint density at radius 1 is 1.43 bits per heavy atom. The van der Waals surface area contributed by atoms with Crippen LogP contribution in [0.4, 0.5) is 0 Å². The van der Waals surface area contributed by atoms with E-state index in [0.717, 1.165) is 6.41 Å². The molecule has 0 heterocycles. The third-order valence-corrected chi connectivity index (χ3v) is 0.211. The van der Waals surface area contributed by atoms with Crippen molar-refractivity contribution in [1.29, 1.82) is 0 Å². The number of hydrogen-bond acceptors (Lipinski definition) is 1. The molecular weight excluding hydrogens is 256 g/mol. The molecule has 0 rings (SSSR count). The largest absolute Gasteiger partial charge is 1.00 e. The third kappa shape index (κ3) is 20.2. The average molecular weight is 264 g/mol. The summed E-state index contributed by atoms with van der Waals surface area (Å²) in [7, 11) is 3.38. The van der Waals surface area contributed by atoms with Crippen molar-refractivity contribution >= 4 is 6.41 Å². The molecule has 0 fully saturated rings. The first-order valence-electron chi connectivity index (χ1n) is 1.39. The Labute approximate surface area is 71.1 Å². The first-order chi connectivity index (χ1) is 2.27. The predicted octanol–water partition coefficient (Wildman–Crippen LogP) is -3.29. The minimum atomic E-state index is 0. The molecule has 0 spiro atoms. The molecule has 0 N–H and O–H groups in total. The normalized spacial score (nSPS) is 4.86. The van der Waals surface area contributed by atoms with Gasteiger partial charge in [0.15, 0.2) is 0 Å². The number of carbonyl (C=O) groups is 1. The fraction of sp³-hybridized carbons (Fsp3) is 0.667. The van der Waals surface area contributed by atoms with E-state index in [2.05, 4.69) is 0 Å². The van der Waals surface area contributed by atoms with Gasteiger partial charge < -0.3 is 28.9 Å². The average Bonchev–Trinajstić information content (AvgIpc) is 1.38. The minimum absolute atomic E-state index is 0. The molecule has 0 aromatic heterocycles. The maximum atomic E-state index is 9.43. The van der Waals surface area contributed by atoms with Gasteiger partial charge in [-0.25, -0.2) is 0 Å². The molecule has 4 heteroatoms. The van der Waals surface area contributed by atoms with E-state index in [1.807, 2.05) is 0 Å². The molecule has 48 valence electrons. The quantitative estimate of drug-likeness (QED) is 0.276. The molecule has 0 aromatic rings. The topological polar surface area (TPSA) is 20.3 Å². The van der Waals surface area contributed by atoms with Gasteiger partial charge in [-0.15, -0.1) is 0 Å². The van der Waals surface area contributed by atoms with E-state index in [-0.39, 0.29) is 41.0 Å². The third-order valence-electron chi connectivity index (χ3n) is 0.211. The van der Waals surface area contributed by atoms with Gasteiger partial charge in [-0.05, 0) is 0 Å². The van der Waals surface area contributed by atoms with Crippen LogP contribution < -0.4 is 24.0 Å². The zero-order valence-electron chi connectivity index (χ0n) is 4.11. The van der Waals surface area contributed by atoms with E-state index < -0.39 is 0 Å². The molecule has 0 bridgehead atoms. The summed E-state index contributed by atoms with van der Waals surface area (Å²) in [6.45, 7) is 0. The number of hydrogen-bond donors (Lipinski definition) is 0. The monoisotopic (exact) mass is 263 g/mol. The van der Waals surface area contributed by atoms with Crippen LogP contribution in [0.3, 0.4) is 0 Å². The Morgan fingerprint density at radius 3 is 1.57 bits per heavy atom. The summed E-state index contributed by atoms with van der Waals surface area (Å²) >= 11 is 0. The van der Waals surface area contributed by atoms with Crippen molar-refractivity contribution in [3.8, 4) is 0 Å². The molecule has 0 aliphatic heterocycles. The number of carbonyl (C=O) groups excluding carboxylic acids is 1. The van der Waals surface area contributed by atoms with Crippen molar-refractivity contribution in [3.05, 3.63) is 0 Å². The summed E-state index contributed by atoms with van der Waals surface area (Å²) in [6.07, 6.45) is 0.750. The van der Waals surface area contributed by atoms with Crippen molar-refractivity contribution in [2.75, 3.05) is 14.1 Å². The summed E-state index contributed by atoms with van der Waals surface area (Å²) in [5, 5.41) is 0. The molecule has 7 heavy (non-hydrogen) atoms. The van der Waals surface area contributed by atoms with Crippen LogP contribution in [-0.4, -0.2) is 25.4 Å². The molecule has 0 saturated carbocycles. The van der Waals surface area contributed by atoms with Crippen LogP contribution >= 0.6 is 0 Å². The van der Waals surface area contributed by atoms with E-state index in [4.69, 9.17) is 0 Å². The zero-order valence-corrected chi connectivity index (χ0v) is 7.21. The predicted molar refractivity (Wildman–Crippen MR) is 19.8 cm³/mol. The Balaban J connectivity index is -0.0000000800. The van der Waals surface area contributed by atoms with Crippen LogP contribution in [0.2, 0.25) is 0 Å². The van der Waals surface area contributed by atoms with Crippen molar-refractivity contribution in [1.82, 2.24) is 4.90 Å². The Hall–Kier alpha value is 0.719. The fourth-order valence-electron chi connectivity index (χ4n) is 0. The fourth-order valence-corrected chi connectivity index (χ4v) is 0. The Kier molecular flexibility index (Phi) is 22.1. The number of halogens is 1. The van der Waals surface area contributed by atoms with Crippen LogP contribution in [0.1, 0.15) is 0 Å². The van der Waals surface area contributed by atoms with Gasteiger partial charge in [0.05, 0.1) is 0 Å². The molecule has 0 saturated heterocycles. The molecule has 0 aliphatic rings. The number of nitrogens with zero attached hydrogens (tertiary/aromatic N) is 1. The van der Waals surface area contributed by atoms with Crippen molar-refractivity contribution < 1.29 is 45.8 Å². The second-order valence-electron chi connectivity index (χ2n) is 1.07. The van der Waals surface area contributed by atoms with Crippen LogP contribution in [0, 0.1) is 0 Å². The van der Waals surface area contributed by atoms with E-state index in [9.17, 15) is 4.79 Å². The van der Waals surface area contributed by atoms with Gasteiger partial charge in [0, 0.05) is 14.1 Å². The molecule has 2 nitrogen and oxygen atoms in total. The van der Waals surface area contributed by atoms with Gasteiger partial charge in [0.1, 0.15) is 0 Å². The van der Waals surface area contributed by atoms with E-state index in [0.29, 0.717) is 0 Å². The summed E-state index contributed by atoms with van der Waals surface area (Å²) in [4.78, 5) is 10.9. The van der Waals surface area contributed by atoms with Crippen LogP contribution in [0.5, 0.6) is 0 Å². The van der Waals surface area contributed by atoms with Gasteiger partial charge in [-0.3, -0.25) is 4.79 Å². The van der Waals surface area contributed by atoms with Crippen LogP contribution in [0.15, 0.2) is 0 Å². The molecule has 0 radical (unpaired) electrons. The van der Waals surface area contributed by atoms with E-state index >= 15 is 0 Å². The van der Waals surface area contributed by atoms with Gasteiger partial charge in [-0.1, -0.05) is 0 Å². The van der Waals surface area contributed by atoms with Crippen molar-refractivity contribution in [2.24, 2.45) is 0 Å². The summed E-state index contributed by atoms with van der Waals surface area (Å²) in [5.41, 5.74) is 0. The maximum Gasteiger partial charge on any atom is 1.00 e. The second-order valence-corrected chi connectivity index (χ2v) is 1.07. The molecule has 0 atom stereocenters. The molecule has 0 unspecified atom stereocenters. The van der Waals surface area contributed by atoms with Gasteiger partial charge in [-0.2, -0.15) is 0 Å². The summed E-state index contributed by atoms with van der Waals surface area (Å²) in [6, 6.07) is 0. The smallest absolute Gasteiger partial charge is 1.00 e. The molecule has 0 aliphatic carbocycles. The van der Waals surface area contributed by atoms with Gasteiger partial charge in [0.25, 0.3) is 0 Å². The minimum Gasteiger partial charge on any atom is -1.00 e. The number of rotatable bonds is 1. The standard InChI is InChI=1S/C3H7NO.Cu.HI/c1-4(2)3-5;;/h3H,1-2H3;;1H/q;+1;/p-1.